The molecule has 1 N–H and O–H groups in total. The van der Waals surface area contributed by atoms with Gasteiger partial charge < -0.3 is 15.0 Å². The number of aliphatic hydroxyl groups excluding tert-OH is 1. The van der Waals surface area contributed by atoms with Crippen molar-refractivity contribution < 1.29 is 15.0 Å². The van der Waals surface area contributed by atoms with Crippen molar-refractivity contribution in [2.24, 2.45) is 0 Å². The topological polar surface area (TPSA) is 60.4 Å². The Hall–Kier alpha value is -1.87. The van der Waals surface area contributed by atoms with Crippen LogP contribution in [0.15, 0.2) is 42.5 Å². The number of carboxylic acids is 1. The van der Waals surface area contributed by atoms with E-state index in [1.54, 1.807) is 6.07 Å². The zero-order valence-electron chi connectivity index (χ0n) is 11.6. The average molecular weight is 271 g/mol. The Morgan fingerprint density at radius 3 is 2.55 bits per heavy atom. The van der Waals surface area contributed by atoms with Gasteiger partial charge in [0.05, 0.1) is 12.1 Å². The molecule has 2 aromatic carbocycles. The molecule has 0 radical (unpaired) electrons. The molecule has 0 saturated carbocycles. The summed E-state index contributed by atoms with van der Waals surface area (Å²) in [4.78, 5) is 11.4. The van der Waals surface area contributed by atoms with E-state index in [2.05, 4.69) is 0 Å². The molecular weight excluding hydrogens is 252 g/mol. The maximum atomic E-state index is 11.4. The lowest BCUT2D eigenvalue weighted by Crippen LogP contribution is -2.36. The molecule has 2 unspecified atom stereocenters. The van der Waals surface area contributed by atoms with Crippen LogP contribution in [0.2, 0.25) is 0 Å². The number of carbonyl (C=O) groups excluding carboxylic acids is 1. The van der Waals surface area contributed by atoms with Gasteiger partial charge in [-0.2, -0.15) is 0 Å². The van der Waals surface area contributed by atoms with Crippen LogP contribution in [0.4, 0.5) is 0 Å². The first kappa shape index (κ1) is 14.5. The van der Waals surface area contributed by atoms with Gasteiger partial charge in [-0.25, -0.2) is 0 Å². The normalized spacial score (nSPS) is 14.1. The lowest BCUT2D eigenvalue weighted by atomic mass is 9.89. The van der Waals surface area contributed by atoms with Crippen LogP contribution in [0.25, 0.3) is 10.8 Å². The predicted molar refractivity (Wildman–Crippen MR) is 77.2 cm³/mol. The zero-order chi connectivity index (χ0) is 14.5. The summed E-state index contributed by atoms with van der Waals surface area (Å²) in [6.45, 7) is 2.01. The van der Waals surface area contributed by atoms with E-state index in [0.29, 0.717) is 12.0 Å². The number of aliphatic hydroxyl groups is 1. The molecule has 0 amide bonds. The summed E-state index contributed by atoms with van der Waals surface area (Å²) >= 11 is 0. The van der Waals surface area contributed by atoms with Gasteiger partial charge in [-0.3, -0.25) is 0 Å². The van der Waals surface area contributed by atoms with Crippen molar-refractivity contribution in [1.82, 2.24) is 0 Å². The molecular formula is C17H19O3-. The average Bonchev–Trinajstić information content (AvgIpc) is 2.44. The second-order valence-corrected chi connectivity index (χ2v) is 5.11. The van der Waals surface area contributed by atoms with Crippen LogP contribution < -0.4 is 5.11 Å². The number of benzene rings is 2. The first-order valence-electron chi connectivity index (χ1n) is 7.01. The molecule has 106 valence electrons. The Labute approximate surface area is 118 Å². The number of unbranched alkanes of at least 4 members (excludes halogenated alkanes) is 1. The summed E-state index contributed by atoms with van der Waals surface area (Å²) in [5.74, 6) is -2.19. The van der Waals surface area contributed by atoms with Gasteiger partial charge in [-0.15, -0.1) is 0 Å². The van der Waals surface area contributed by atoms with Crippen LogP contribution in [0, 0.1) is 0 Å². The lowest BCUT2D eigenvalue weighted by molar-refractivity contribution is -0.310. The highest BCUT2D eigenvalue weighted by Gasteiger charge is 2.22. The van der Waals surface area contributed by atoms with Crippen LogP contribution in [0.1, 0.15) is 37.7 Å². The molecule has 2 atom stereocenters. The van der Waals surface area contributed by atoms with Gasteiger partial charge in [0.25, 0.3) is 0 Å². The third kappa shape index (κ3) is 3.17. The van der Waals surface area contributed by atoms with Crippen LogP contribution in [-0.2, 0) is 4.79 Å². The van der Waals surface area contributed by atoms with E-state index in [-0.39, 0.29) is 0 Å². The SMILES string of the molecule is CCCCC(O)C(C(=O)[O-])c1ccc2ccccc2c1. The van der Waals surface area contributed by atoms with Crippen molar-refractivity contribution in [2.45, 2.75) is 38.2 Å². The molecule has 2 rings (SSSR count). The van der Waals surface area contributed by atoms with E-state index in [0.717, 1.165) is 23.6 Å². The maximum absolute atomic E-state index is 11.4. The largest absolute Gasteiger partial charge is 0.549 e. The summed E-state index contributed by atoms with van der Waals surface area (Å²) in [6.07, 6.45) is 1.30. The van der Waals surface area contributed by atoms with Crippen molar-refractivity contribution in [1.29, 1.82) is 0 Å². The van der Waals surface area contributed by atoms with Gasteiger partial charge in [-0.05, 0) is 22.8 Å². The quantitative estimate of drug-likeness (QED) is 0.876. The fraction of sp³-hybridized carbons (Fsp3) is 0.353. The van der Waals surface area contributed by atoms with E-state index in [1.165, 1.54) is 0 Å². The minimum absolute atomic E-state index is 0.474. The Bertz CT molecular complexity index is 592. The molecule has 0 aliphatic rings. The summed E-state index contributed by atoms with van der Waals surface area (Å²) in [7, 11) is 0. The highest BCUT2D eigenvalue weighted by molar-refractivity contribution is 5.85. The Morgan fingerprint density at radius 1 is 1.20 bits per heavy atom. The van der Waals surface area contributed by atoms with Gasteiger partial charge in [0.1, 0.15) is 0 Å². The van der Waals surface area contributed by atoms with Gasteiger partial charge in [-0.1, -0.05) is 62.2 Å². The highest BCUT2D eigenvalue weighted by atomic mass is 16.4. The molecule has 0 heterocycles. The van der Waals surface area contributed by atoms with Crippen molar-refractivity contribution in [3.63, 3.8) is 0 Å². The number of rotatable bonds is 6. The molecule has 20 heavy (non-hydrogen) atoms. The van der Waals surface area contributed by atoms with Crippen LogP contribution in [0.5, 0.6) is 0 Å². The smallest absolute Gasteiger partial charge is 0.0661 e. The molecule has 3 heteroatoms. The second kappa shape index (κ2) is 6.53. The summed E-state index contributed by atoms with van der Waals surface area (Å²) in [5.41, 5.74) is 0.604. The standard InChI is InChI=1S/C17H20O3/c1-2-3-8-15(18)16(17(19)20)14-10-9-12-6-4-5-7-13(12)11-14/h4-7,9-11,15-16,18H,2-3,8H2,1H3,(H,19,20)/p-1. The third-order valence-corrected chi connectivity index (χ3v) is 3.62. The first-order chi connectivity index (χ1) is 9.63. The Morgan fingerprint density at radius 2 is 1.90 bits per heavy atom. The second-order valence-electron chi connectivity index (χ2n) is 5.11. The van der Waals surface area contributed by atoms with Gasteiger partial charge in [0, 0.05) is 5.92 Å². The zero-order valence-corrected chi connectivity index (χ0v) is 11.6. The molecule has 0 aliphatic heterocycles. The van der Waals surface area contributed by atoms with Crippen LogP contribution >= 0.6 is 0 Å². The minimum atomic E-state index is -1.22. The molecule has 2 aromatic rings. The Balaban J connectivity index is 2.33. The van der Waals surface area contributed by atoms with Crippen LogP contribution in [-0.4, -0.2) is 17.2 Å². The van der Waals surface area contributed by atoms with E-state index in [1.807, 2.05) is 43.3 Å². The van der Waals surface area contributed by atoms with Crippen molar-refractivity contribution in [3.8, 4) is 0 Å². The molecule has 0 bridgehead atoms. The summed E-state index contributed by atoms with van der Waals surface area (Å²) < 4.78 is 0. The number of hydrogen-bond acceptors (Lipinski definition) is 3. The molecule has 0 saturated heterocycles. The van der Waals surface area contributed by atoms with E-state index >= 15 is 0 Å². The highest BCUT2D eigenvalue weighted by Crippen LogP contribution is 2.26. The molecule has 0 aromatic heterocycles. The van der Waals surface area contributed by atoms with Crippen molar-refractivity contribution in [2.75, 3.05) is 0 Å². The number of fused-ring (bicyclic) bond motifs is 1. The fourth-order valence-electron chi connectivity index (χ4n) is 2.50. The molecule has 3 nitrogen and oxygen atoms in total. The van der Waals surface area contributed by atoms with Gasteiger partial charge in [0.15, 0.2) is 0 Å². The first-order valence-corrected chi connectivity index (χ1v) is 7.01. The number of aliphatic carboxylic acids is 1. The molecule has 0 spiro atoms. The number of hydrogen-bond donors (Lipinski definition) is 1. The van der Waals surface area contributed by atoms with E-state index in [4.69, 9.17) is 0 Å². The van der Waals surface area contributed by atoms with E-state index < -0.39 is 18.0 Å². The van der Waals surface area contributed by atoms with Gasteiger partial charge in [0.2, 0.25) is 0 Å². The fourth-order valence-corrected chi connectivity index (χ4v) is 2.50. The number of carboxylic acid groups (broad SMARTS) is 1. The summed E-state index contributed by atoms with van der Waals surface area (Å²) in [6, 6.07) is 13.2. The predicted octanol–water partition coefficient (Wildman–Crippen LogP) is 2.22. The van der Waals surface area contributed by atoms with Gasteiger partial charge >= 0.3 is 0 Å². The minimum Gasteiger partial charge on any atom is -0.549 e. The number of carbonyl (C=O) groups is 1. The third-order valence-electron chi connectivity index (χ3n) is 3.62. The Kier molecular flexibility index (Phi) is 4.74. The molecule has 0 aliphatic carbocycles. The molecule has 0 fully saturated rings. The van der Waals surface area contributed by atoms with Crippen molar-refractivity contribution in [3.05, 3.63) is 48.0 Å². The van der Waals surface area contributed by atoms with E-state index in [9.17, 15) is 15.0 Å². The maximum Gasteiger partial charge on any atom is 0.0661 e. The summed E-state index contributed by atoms with van der Waals surface area (Å²) in [5, 5.41) is 23.5. The monoisotopic (exact) mass is 271 g/mol. The van der Waals surface area contributed by atoms with Crippen LogP contribution in [0.3, 0.4) is 0 Å². The lowest BCUT2D eigenvalue weighted by Gasteiger charge is -2.24. The van der Waals surface area contributed by atoms with Crippen molar-refractivity contribution >= 4 is 16.7 Å².